The second-order valence-electron chi connectivity index (χ2n) is 22.8. The molecule has 0 unspecified atom stereocenters. The van der Waals surface area contributed by atoms with Crippen molar-refractivity contribution in [2.45, 2.75) is 170 Å². The largest absolute Gasteiger partial charge is 4.00 e. The summed E-state index contributed by atoms with van der Waals surface area (Å²) < 4.78 is 0. The Balaban J connectivity index is 0.00000435. The molecule has 0 aliphatic heterocycles. The third kappa shape index (κ3) is 12.2. The van der Waals surface area contributed by atoms with Gasteiger partial charge in [-0.1, -0.05) is 232 Å². The number of allylic oxidation sites excluding steroid dienone is 4. The first-order valence-electron chi connectivity index (χ1n) is 20.9. The Hall–Kier alpha value is -1.84. The van der Waals surface area contributed by atoms with Gasteiger partial charge in [0, 0.05) is 0 Å². The Morgan fingerprint density at radius 1 is 0.424 bits per heavy atom. The summed E-state index contributed by atoms with van der Waals surface area (Å²) in [5, 5.41) is 6.08. The summed E-state index contributed by atoms with van der Waals surface area (Å²) in [6.07, 6.45) is 8.07. The van der Waals surface area contributed by atoms with Crippen molar-refractivity contribution in [1.82, 2.24) is 0 Å². The summed E-state index contributed by atoms with van der Waals surface area (Å²) in [5.74, 6) is 0. The van der Waals surface area contributed by atoms with Crippen LogP contribution in [0, 0.1) is 6.08 Å². The average Bonchev–Trinajstić information content (AvgIpc) is 3.51. The van der Waals surface area contributed by atoms with Crippen LogP contribution >= 0.6 is 0 Å². The second-order valence-corrected chi connectivity index (χ2v) is 26.7. The Bertz CT molecular complexity index is 1820. The Morgan fingerprint density at radius 2 is 0.695 bits per heavy atom. The summed E-state index contributed by atoms with van der Waals surface area (Å²) >= 11 is 0. The molecule has 0 saturated carbocycles. The molecule has 0 heterocycles. The van der Waals surface area contributed by atoms with E-state index in [-0.39, 0.29) is 91.4 Å². The fourth-order valence-corrected chi connectivity index (χ4v) is 13.3. The predicted molar refractivity (Wildman–Crippen MR) is 246 cm³/mol. The summed E-state index contributed by atoms with van der Waals surface area (Å²) in [5.41, 5.74) is 11.1. The Morgan fingerprint density at radius 3 is 0.949 bits per heavy atom. The molecule has 0 radical (unpaired) electrons. The molecule has 0 saturated heterocycles. The smallest absolute Gasteiger partial charge is 1.00 e. The van der Waals surface area contributed by atoms with Gasteiger partial charge in [0.05, 0.1) is 8.07 Å². The van der Waals surface area contributed by atoms with Crippen LogP contribution in [0.2, 0.25) is 0 Å². The van der Waals surface area contributed by atoms with E-state index in [0.717, 1.165) is 12.8 Å². The third-order valence-corrected chi connectivity index (χ3v) is 16.8. The molecular formula is C54H73Cl3SiTi. The number of halogens is 3. The normalized spacial score (nSPS) is 13.9. The molecule has 4 aromatic rings. The molecule has 59 heavy (non-hydrogen) atoms. The van der Waals surface area contributed by atoms with Crippen LogP contribution in [-0.4, -0.2) is 8.07 Å². The summed E-state index contributed by atoms with van der Waals surface area (Å²) in [6, 6.07) is 34.5. The van der Waals surface area contributed by atoms with Crippen LogP contribution < -0.4 is 52.8 Å². The van der Waals surface area contributed by atoms with E-state index in [4.69, 9.17) is 0 Å². The first-order chi connectivity index (χ1) is 25.0. The molecule has 5 heteroatoms. The van der Waals surface area contributed by atoms with Crippen molar-refractivity contribution in [3.8, 4) is 0 Å². The number of rotatable bonds is 6. The summed E-state index contributed by atoms with van der Waals surface area (Å²) in [4.78, 5) is 0. The second kappa shape index (κ2) is 19.3. The number of hydrogen-bond acceptors (Lipinski definition) is 0. The van der Waals surface area contributed by atoms with Crippen LogP contribution in [0.3, 0.4) is 0 Å². The zero-order valence-electron chi connectivity index (χ0n) is 39.7. The zero-order chi connectivity index (χ0) is 41.2. The molecule has 5 rings (SSSR count). The van der Waals surface area contributed by atoms with E-state index in [1.807, 2.05) is 0 Å². The maximum Gasteiger partial charge on any atom is 4.00 e. The van der Waals surface area contributed by atoms with Crippen LogP contribution in [0.4, 0.5) is 0 Å². The van der Waals surface area contributed by atoms with Crippen LogP contribution in [0.5, 0.6) is 0 Å². The van der Waals surface area contributed by atoms with Crippen LogP contribution in [0.15, 0.2) is 102 Å². The molecule has 0 fully saturated rings. The summed E-state index contributed by atoms with van der Waals surface area (Å²) in [7, 11) is -3.08. The minimum atomic E-state index is -3.08. The van der Waals surface area contributed by atoms with E-state index in [1.54, 1.807) is 5.20 Å². The monoisotopic (exact) mass is 902 g/mol. The topological polar surface area (TPSA) is 0 Å². The molecule has 318 valence electrons. The van der Waals surface area contributed by atoms with Gasteiger partial charge in [0.1, 0.15) is 0 Å². The molecule has 0 nitrogen and oxygen atoms in total. The number of hydrogen-bond donors (Lipinski definition) is 0. The standard InChI is InChI=1S/C54H73Si.3ClH.Ti/c1-49(2,3)39-28-40(50(4,5)6)32-45(31-39)55(48-26-22-25-38(48)27-37-23-20-19-21-24-37,46-33-41(51(7,8)9)29-42(34-46)52(10,11)12)47-35-43(53(13,14)15)30-44(36-47)54(16,17)18;;;;/h19-24,28-36H,26-27H2,1-18H3;3*1H;/q-1;;;;+4/p-3. The van der Waals surface area contributed by atoms with E-state index < -0.39 is 8.07 Å². The third-order valence-electron chi connectivity index (χ3n) is 11.9. The average molecular weight is 904 g/mol. The van der Waals surface area contributed by atoms with Gasteiger partial charge < -0.3 is 37.2 Å². The van der Waals surface area contributed by atoms with Crippen molar-refractivity contribution in [3.63, 3.8) is 0 Å². The van der Waals surface area contributed by atoms with E-state index >= 15 is 0 Å². The van der Waals surface area contributed by atoms with Gasteiger partial charge in [-0.2, -0.15) is 6.08 Å². The van der Waals surface area contributed by atoms with Gasteiger partial charge in [-0.15, -0.1) is 0 Å². The molecule has 0 aromatic heterocycles. The van der Waals surface area contributed by atoms with Gasteiger partial charge in [-0.25, -0.2) is 10.8 Å². The van der Waals surface area contributed by atoms with Gasteiger partial charge in [0.15, 0.2) is 0 Å². The van der Waals surface area contributed by atoms with Gasteiger partial charge in [0.2, 0.25) is 0 Å². The minimum Gasteiger partial charge on any atom is -1.00 e. The predicted octanol–water partition coefficient (Wildman–Crippen LogP) is 3.79. The van der Waals surface area contributed by atoms with E-state index in [9.17, 15) is 0 Å². The molecule has 0 bridgehead atoms. The Labute approximate surface area is 396 Å². The SMILES string of the molecule is CC(C)(C)c1cc(C(C)(C)C)cc([Si](C2=C(Cc3ccccc3)[C-]=CC2)(c2cc(C(C)(C)C)cc(C(C)(C)C)c2)c2cc(C(C)(C)C)cc(C(C)(C)C)c2)c1.[Cl-].[Cl-].[Cl-].[Ti+4]. The van der Waals surface area contributed by atoms with E-state index in [1.165, 1.54) is 60.1 Å². The van der Waals surface area contributed by atoms with Gasteiger partial charge in [-0.3, -0.25) is 6.08 Å². The van der Waals surface area contributed by atoms with Crippen molar-refractivity contribution in [1.29, 1.82) is 0 Å². The van der Waals surface area contributed by atoms with E-state index in [2.05, 4.69) is 222 Å². The number of benzene rings is 4. The molecular weight excluding hydrogens is 831 g/mol. The Kier molecular flexibility index (Phi) is 18.0. The summed E-state index contributed by atoms with van der Waals surface area (Å²) in [6.45, 7) is 43.0. The first kappa shape index (κ1) is 55.2. The fourth-order valence-electron chi connectivity index (χ4n) is 7.98. The van der Waals surface area contributed by atoms with Crippen molar-refractivity contribution in [2.75, 3.05) is 0 Å². The first-order valence-corrected chi connectivity index (χ1v) is 22.9. The minimum absolute atomic E-state index is 0. The molecule has 0 spiro atoms. The molecule has 0 N–H and O–H groups in total. The maximum atomic E-state index is 3.93. The van der Waals surface area contributed by atoms with Crippen LogP contribution in [0.1, 0.15) is 170 Å². The van der Waals surface area contributed by atoms with Crippen molar-refractivity contribution >= 4 is 23.6 Å². The molecule has 4 aromatic carbocycles. The quantitative estimate of drug-likeness (QED) is 0.157. The van der Waals surface area contributed by atoms with Crippen molar-refractivity contribution < 1.29 is 58.9 Å². The molecule has 0 amide bonds. The fraction of sp³-hybridized carbons (Fsp3) is 0.481. The van der Waals surface area contributed by atoms with Crippen molar-refractivity contribution in [2.24, 2.45) is 0 Å². The maximum absolute atomic E-state index is 3.93. The van der Waals surface area contributed by atoms with Crippen LogP contribution in [0.25, 0.3) is 0 Å². The molecule has 1 aliphatic carbocycles. The van der Waals surface area contributed by atoms with Gasteiger partial charge >= 0.3 is 21.7 Å². The molecule has 1 aliphatic rings. The van der Waals surface area contributed by atoms with Gasteiger partial charge in [0.25, 0.3) is 0 Å². The molecule has 0 atom stereocenters. The zero-order valence-corrected chi connectivity index (χ0v) is 44.5. The van der Waals surface area contributed by atoms with Gasteiger partial charge in [-0.05, 0) is 77.9 Å². The van der Waals surface area contributed by atoms with Crippen LogP contribution in [-0.2, 0) is 60.6 Å². The van der Waals surface area contributed by atoms with Crippen molar-refractivity contribution in [3.05, 3.63) is 147 Å². The van der Waals surface area contributed by atoms with E-state index in [0.29, 0.717) is 0 Å².